The molecule has 1 heterocycles. The van der Waals surface area contributed by atoms with Crippen LogP contribution in [0.3, 0.4) is 0 Å². The van der Waals surface area contributed by atoms with Crippen LogP contribution in [0.2, 0.25) is 0 Å². The van der Waals surface area contributed by atoms with Gasteiger partial charge in [0.05, 0.1) is 11.7 Å². The highest BCUT2D eigenvalue weighted by Crippen LogP contribution is 2.34. The number of halogens is 2. The number of anilines is 2. The van der Waals surface area contributed by atoms with Crippen molar-refractivity contribution in [2.45, 2.75) is 33.2 Å². The molecular formula is C14H18Br2N4O. The summed E-state index contributed by atoms with van der Waals surface area (Å²) in [4.78, 5) is 0. The lowest BCUT2D eigenvalue weighted by molar-refractivity contribution is 0.424. The first-order valence-corrected chi connectivity index (χ1v) is 8.39. The molecule has 7 heteroatoms. The predicted octanol–water partition coefficient (Wildman–Crippen LogP) is 4.71. The van der Waals surface area contributed by atoms with Crippen LogP contribution in [0.15, 0.2) is 25.5 Å². The summed E-state index contributed by atoms with van der Waals surface area (Å²) in [5.41, 5.74) is 2.02. The largest absolute Gasteiger partial charge is 0.406 e. The van der Waals surface area contributed by atoms with Crippen LogP contribution in [-0.2, 0) is 0 Å². The van der Waals surface area contributed by atoms with Crippen molar-refractivity contribution in [2.75, 3.05) is 11.9 Å². The summed E-state index contributed by atoms with van der Waals surface area (Å²) in [5, 5.41) is 14.6. The van der Waals surface area contributed by atoms with Crippen molar-refractivity contribution >= 4 is 43.6 Å². The Bertz CT molecular complexity index is 592. The van der Waals surface area contributed by atoms with E-state index in [9.17, 15) is 0 Å². The average molecular weight is 418 g/mol. The summed E-state index contributed by atoms with van der Waals surface area (Å²) in [6.07, 6.45) is 1.06. The average Bonchev–Trinajstić information content (AvgIpc) is 2.89. The maximum absolute atomic E-state index is 5.65. The first-order valence-electron chi connectivity index (χ1n) is 6.80. The Morgan fingerprint density at radius 3 is 2.52 bits per heavy atom. The molecule has 0 spiro atoms. The van der Waals surface area contributed by atoms with Gasteiger partial charge >= 0.3 is 6.01 Å². The second-order valence-electron chi connectivity index (χ2n) is 4.85. The predicted molar refractivity (Wildman–Crippen MR) is 90.9 cm³/mol. The SMILES string of the molecule is CCCNC(C)c1nnc(Nc2c(Br)cc(C)cc2Br)o1. The van der Waals surface area contributed by atoms with Gasteiger partial charge in [-0.25, -0.2) is 0 Å². The van der Waals surface area contributed by atoms with E-state index in [1.165, 1.54) is 0 Å². The molecule has 2 rings (SSSR count). The minimum absolute atomic E-state index is 0.0397. The first-order chi connectivity index (χ1) is 10.0. The summed E-state index contributed by atoms with van der Waals surface area (Å²) >= 11 is 7.06. The Hall–Kier alpha value is -0.920. The number of nitrogens with zero attached hydrogens (tertiary/aromatic N) is 2. The monoisotopic (exact) mass is 416 g/mol. The van der Waals surface area contributed by atoms with Gasteiger partial charge in [0.2, 0.25) is 5.89 Å². The number of hydrogen-bond donors (Lipinski definition) is 2. The fraction of sp³-hybridized carbons (Fsp3) is 0.429. The van der Waals surface area contributed by atoms with E-state index in [4.69, 9.17) is 4.42 Å². The molecule has 0 aliphatic carbocycles. The zero-order chi connectivity index (χ0) is 15.4. The van der Waals surface area contributed by atoms with Crippen LogP contribution in [0.1, 0.15) is 37.8 Å². The van der Waals surface area contributed by atoms with E-state index in [1.54, 1.807) is 0 Å². The van der Waals surface area contributed by atoms with Gasteiger partial charge in [0.15, 0.2) is 0 Å². The van der Waals surface area contributed by atoms with E-state index in [0.717, 1.165) is 33.2 Å². The van der Waals surface area contributed by atoms with E-state index in [1.807, 2.05) is 26.0 Å². The van der Waals surface area contributed by atoms with E-state index >= 15 is 0 Å². The van der Waals surface area contributed by atoms with Crippen LogP contribution >= 0.6 is 31.9 Å². The van der Waals surface area contributed by atoms with Crippen LogP contribution in [0, 0.1) is 6.92 Å². The molecule has 2 aromatic rings. The van der Waals surface area contributed by atoms with Gasteiger partial charge in [-0.2, -0.15) is 0 Å². The van der Waals surface area contributed by atoms with Crippen molar-refractivity contribution in [2.24, 2.45) is 0 Å². The summed E-state index contributed by atoms with van der Waals surface area (Å²) in [6.45, 7) is 7.07. The molecule has 0 amide bonds. The minimum atomic E-state index is 0.0397. The zero-order valence-electron chi connectivity index (χ0n) is 12.2. The van der Waals surface area contributed by atoms with E-state index in [0.29, 0.717) is 11.9 Å². The van der Waals surface area contributed by atoms with Gasteiger partial charge in [0.1, 0.15) is 0 Å². The van der Waals surface area contributed by atoms with Gasteiger partial charge in [-0.05, 0) is 76.4 Å². The van der Waals surface area contributed by atoms with Crippen molar-refractivity contribution in [3.05, 3.63) is 32.5 Å². The Kier molecular flexibility index (Phi) is 5.78. The van der Waals surface area contributed by atoms with Gasteiger partial charge in [-0.15, -0.1) is 5.10 Å². The third kappa shape index (κ3) is 4.28. The molecule has 0 saturated heterocycles. The van der Waals surface area contributed by atoms with Crippen molar-refractivity contribution in [3.63, 3.8) is 0 Å². The molecule has 21 heavy (non-hydrogen) atoms. The fourth-order valence-corrected chi connectivity index (χ4v) is 3.45. The van der Waals surface area contributed by atoms with Crippen molar-refractivity contribution < 1.29 is 4.42 Å². The number of rotatable bonds is 6. The first kappa shape index (κ1) is 16.5. The molecule has 1 atom stereocenters. The maximum Gasteiger partial charge on any atom is 0.320 e. The third-order valence-corrected chi connectivity index (χ3v) is 4.18. The molecule has 5 nitrogen and oxygen atoms in total. The molecule has 0 aliphatic rings. The van der Waals surface area contributed by atoms with Crippen LogP contribution in [-0.4, -0.2) is 16.7 Å². The lowest BCUT2D eigenvalue weighted by Crippen LogP contribution is -2.19. The number of nitrogens with one attached hydrogen (secondary N) is 2. The molecule has 1 aromatic heterocycles. The van der Waals surface area contributed by atoms with Crippen LogP contribution in [0.5, 0.6) is 0 Å². The molecular weight excluding hydrogens is 400 g/mol. The summed E-state index contributed by atoms with van der Waals surface area (Å²) in [5.74, 6) is 0.574. The summed E-state index contributed by atoms with van der Waals surface area (Å²) < 4.78 is 7.52. The molecule has 2 N–H and O–H groups in total. The Morgan fingerprint density at radius 1 is 1.24 bits per heavy atom. The second kappa shape index (κ2) is 7.38. The number of hydrogen-bond acceptors (Lipinski definition) is 5. The van der Waals surface area contributed by atoms with Gasteiger partial charge < -0.3 is 15.1 Å². The smallest absolute Gasteiger partial charge is 0.320 e. The highest BCUT2D eigenvalue weighted by atomic mass is 79.9. The third-order valence-electron chi connectivity index (χ3n) is 2.93. The topological polar surface area (TPSA) is 63.0 Å². The van der Waals surface area contributed by atoms with Gasteiger partial charge in [-0.1, -0.05) is 12.0 Å². The molecule has 114 valence electrons. The highest BCUT2D eigenvalue weighted by Gasteiger charge is 2.15. The number of aromatic nitrogens is 2. The minimum Gasteiger partial charge on any atom is -0.406 e. The standard InChI is InChI=1S/C14H18Br2N4O/c1-4-5-17-9(3)13-19-20-14(21-13)18-12-10(15)6-8(2)7-11(12)16/h6-7,9,17H,4-5H2,1-3H3,(H,18,20). The lowest BCUT2D eigenvalue weighted by atomic mass is 10.2. The van der Waals surface area contributed by atoms with E-state index in [-0.39, 0.29) is 6.04 Å². The van der Waals surface area contributed by atoms with E-state index < -0.39 is 0 Å². The zero-order valence-corrected chi connectivity index (χ0v) is 15.4. The van der Waals surface area contributed by atoms with Gasteiger partial charge in [-0.3, -0.25) is 0 Å². The lowest BCUT2D eigenvalue weighted by Gasteiger charge is -2.09. The number of benzene rings is 1. The van der Waals surface area contributed by atoms with Crippen molar-refractivity contribution in [1.82, 2.24) is 15.5 Å². The van der Waals surface area contributed by atoms with Gasteiger partial charge in [0, 0.05) is 8.95 Å². The fourth-order valence-electron chi connectivity index (χ4n) is 1.83. The molecule has 0 radical (unpaired) electrons. The molecule has 0 bridgehead atoms. The molecule has 1 unspecified atom stereocenters. The van der Waals surface area contributed by atoms with Crippen LogP contribution in [0.25, 0.3) is 0 Å². The number of aryl methyl sites for hydroxylation is 1. The van der Waals surface area contributed by atoms with Crippen LogP contribution in [0.4, 0.5) is 11.7 Å². The van der Waals surface area contributed by atoms with Crippen LogP contribution < -0.4 is 10.6 Å². The maximum atomic E-state index is 5.65. The highest BCUT2D eigenvalue weighted by molar-refractivity contribution is 9.11. The summed E-state index contributed by atoms with van der Waals surface area (Å²) in [7, 11) is 0. The summed E-state index contributed by atoms with van der Waals surface area (Å²) in [6, 6.07) is 4.46. The van der Waals surface area contributed by atoms with Crippen molar-refractivity contribution in [3.8, 4) is 0 Å². The molecule has 0 aliphatic heterocycles. The van der Waals surface area contributed by atoms with Gasteiger partial charge in [0.25, 0.3) is 0 Å². The molecule has 1 aromatic carbocycles. The van der Waals surface area contributed by atoms with Crippen molar-refractivity contribution in [1.29, 1.82) is 0 Å². The quantitative estimate of drug-likeness (QED) is 0.712. The molecule has 0 fully saturated rings. The Morgan fingerprint density at radius 2 is 1.90 bits per heavy atom. The Balaban J connectivity index is 2.13. The second-order valence-corrected chi connectivity index (χ2v) is 6.56. The normalized spacial score (nSPS) is 12.4. The Labute approximate surface area is 141 Å². The van der Waals surface area contributed by atoms with E-state index in [2.05, 4.69) is 59.6 Å². The molecule has 0 saturated carbocycles.